The number of halogens is 1. The molecule has 1 rings (SSSR count). The van der Waals surface area contributed by atoms with Crippen LogP contribution in [0.3, 0.4) is 0 Å². The fourth-order valence-corrected chi connectivity index (χ4v) is 1.95. The van der Waals surface area contributed by atoms with Gasteiger partial charge in [-0.05, 0) is 31.0 Å². The van der Waals surface area contributed by atoms with Crippen molar-refractivity contribution >= 4 is 5.91 Å². The molecule has 124 valence electrons. The van der Waals surface area contributed by atoms with Gasteiger partial charge in [-0.15, -0.1) is 0 Å². The third-order valence-electron chi connectivity index (χ3n) is 3.07. The molecule has 0 fully saturated rings. The molecule has 6 heteroatoms. The van der Waals surface area contributed by atoms with Gasteiger partial charge in [-0.2, -0.15) is 0 Å². The van der Waals surface area contributed by atoms with Crippen LogP contribution in [0.2, 0.25) is 0 Å². The molecule has 0 spiro atoms. The fourth-order valence-electron chi connectivity index (χ4n) is 1.95. The van der Waals surface area contributed by atoms with Crippen LogP contribution >= 0.6 is 0 Å². The Balaban J connectivity index is 2.43. The number of carbonyl (C=O) groups excluding carboxylic acids is 1. The Morgan fingerprint density at radius 1 is 1.36 bits per heavy atom. The second-order valence-corrected chi connectivity index (χ2v) is 5.21. The van der Waals surface area contributed by atoms with Crippen molar-refractivity contribution < 1.29 is 18.7 Å². The molecule has 3 N–H and O–H groups in total. The first-order chi connectivity index (χ1) is 10.6. The molecule has 0 aromatic heterocycles. The molecule has 22 heavy (non-hydrogen) atoms. The molecule has 2 atom stereocenters. The SMILES string of the molecule is COC[C@H](C)NC(=O)[C@@H](N)Cc1ccc(OCCCF)cc1. The number of nitrogens with two attached hydrogens (primary N) is 1. The molecule has 0 saturated carbocycles. The predicted octanol–water partition coefficient (Wildman–Crippen LogP) is 1.45. The summed E-state index contributed by atoms with van der Waals surface area (Å²) in [5.41, 5.74) is 6.85. The molecule has 0 saturated heterocycles. The second-order valence-electron chi connectivity index (χ2n) is 5.21. The second kappa shape index (κ2) is 10.1. The summed E-state index contributed by atoms with van der Waals surface area (Å²) in [7, 11) is 1.58. The van der Waals surface area contributed by atoms with E-state index in [2.05, 4.69) is 5.32 Å². The van der Waals surface area contributed by atoms with Crippen molar-refractivity contribution in [1.29, 1.82) is 0 Å². The van der Waals surface area contributed by atoms with E-state index in [1.165, 1.54) is 0 Å². The highest BCUT2D eigenvalue weighted by Crippen LogP contribution is 2.13. The summed E-state index contributed by atoms with van der Waals surface area (Å²) in [4.78, 5) is 11.9. The van der Waals surface area contributed by atoms with Crippen molar-refractivity contribution in [3.05, 3.63) is 29.8 Å². The number of ether oxygens (including phenoxy) is 2. The van der Waals surface area contributed by atoms with Crippen molar-refractivity contribution in [3.63, 3.8) is 0 Å². The summed E-state index contributed by atoms with van der Waals surface area (Å²) in [6.45, 7) is 2.28. The number of methoxy groups -OCH3 is 1. The van der Waals surface area contributed by atoms with Crippen LogP contribution in [0.5, 0.6) is 5.75 Å². The van der Waals surface area contributed by atoms with Gasteiger partial charge < -0.3 is 20.5 Å². The Morgan fingerprint density at radius 2 is 2.05 bits per heavy atom. The molecule has 0 heterocycles. The summed E-state index contributed by atoms with van der Waals surface area (Å²) in [5.74, 6) is 0.483. The van der Waals surface area contributed by atoms with Gasteiger partial charge in [-0.1, -0.05) is 12.1 Å². The highest BCUT2D eigenvalue weighted by Gasteiger charge is 2.16. The van der Waals surface area contributed by atoms with Gasteiger partial charge in [0.2, 0.25) is 5.91 Å². The number of hydrogen-bond donors (Lipinski definition) is 2. The Labute approximate surface area is 131 Å². The lowest BCUT2D eigenvalue weighted by molar-refractivity contribution is -0.123. The molecule has 0 aliphatic carbocycles. The molecule has 0 aliphatic heterocycles. The van der Waals surface area contributed by atoms with Crippen LogP contribution < -0.4 is 15.8 Å². The highest BCUT2D eigenvalue weighted by molar-refractivity contribution is 5.82. The van der Waals surface area contributed by atoms with Gasteiger partial charge in [0, 0.05) is 19.6 Å². The quantitative estimate of drug-likeness (QED) is 0.641. The number of nitrogens with one attached hydrogen (secondary N) is 1. The van der Waals surface area contributed by atoms with Crippen LogP contribution in [0, 0.1) is 0 Å². The van der Waals surface area contributed by atoms with Crippen molar-refractivity contribution in [1.82, 2.24) is 5.32 Å². The van der Waals surface area contributed by atoms with Crippen LogP contribution in [0.25, 0.3) is 0 Å². The van der Waals surface area contributed by atoms with Gasteiger partial charge in [0.15, 0.2) is 0 Å². The summed E-state index contributed by atoms with van der Waals surface area (Å²) in [6.07, 6.45) is 0.822. The van der Waals surface area contributed by atoms with Gasteiger partial charge >= 0.3 is 0 Å². The monoisotopic (exact) mass is 312 g/mol. The highest BCUT2D eigenvalue weighted by atomic mass is 19.1. The van der Waals surface area contributed by atoms with E-state index < -0.39 is 6.04 Å². The van der Waals surface area contributed by atoms with E-state index in [1.807, 2.05) is 19.1 Å². The maximum absolute atomic E-state index is 12.0. The van der Waals surface area contributed by atoms with Crippen LogP contribution in [0.15, 0.2) is 24.3 Å². The first-order valence-corrected chi connectivity index (χ1v) is 7.39. The van der Waals surface area contributed by atoms with Crippen LogP contribution in [-0.4, -0.2) is 45.0 Å². The van der Waals surface area contributed by atoms with Gasteiger partial charge in [0.05, 0.1) is 25.9 Å². The number of hydrogen-bond acceptors (Lipinski definition) is 4. The summed E-state index contributed by atoms with van der Waals surface area (Å²) in [6, 6.07) is 6.62. The van der Waals surface area contributed by atoms with Gasteiger partial charge in [0.25, 0.3) is 0 Å². The van der Waals surface area contributed by atoms with Crippen LogP contribution in [-0.2, 0) is 16.0 Å². The third kappa shape index (κ3) is 6.87. The number of rotatable bonds is 10. The van der Waals surface area contributed by atoms with Crippen molar-refractivity contribution in [2.75, 3.05) is 27.0 Å². The lowest BCUT2D eigenvalue weighted by atomic mass is 10.1. The maximum atomic E-state index is 12.0. The lowest BCUT2D eigenvalue weighted by Crippen LogP contribution is -2.46. The first-order valence-electron chi connectivity index (χ1n) is 7.39. The summed E-state index contributed by atoms with van der Waals surface area (Å²) in [5, 5.41) is 2.80. The molecule has 5 nitrogen and oxygen atoms in total. The Bertz CT molecular complexity index is 440. The number of alkyl halides is 1. The average Bonchev–Trinajstić information content (AvgIpc) is 2.49. The summed E-state index contributed by atoms with van der Waals surface area (Å²) >= 11 is 0. The Kier molecular flexibility index (Phi) is 8.47. The third-order valence-corrected chi connectivity index (χ3v) is 3.07. The minimum Gasteiger partial charge on any atom is -0.494 e. The topological polar surface area (TPSA) is 73.6 Å². The maximum Gasteiger partial charge on any atom is 0.237 e. The van der Waals surface area contributed by atoms with E-state index in [0.29, 0.717) is 31.8 Å². The average molecular weight is 312 g/mol. The van der Waals surface area contributed by atoms with Crippen LogP contribution in [0.4, 0.5) is 4.39 Å². The summed E-state index contributed by atoms with van der Waals surface area (Å²) < 4.78 is 22.3. The first kappa shape index (κ1) is 18.4. The minimum atomic E-state index is -0.613. The predicted molar refractivity (Wildman–Crippen MR) is 83.7 cm³/mol. The largest absolute Gasteiger partial charge is 0.494 e. The molecular weight excluding hydrogens is 287 g/mol. The van der Waals surface area contributed by atoms with Crippen molar-refractivity contribution in [2.24, 2.45) is 5.73 Å². The number of carbonyl (C=O) groups is 1. The zero-order chi connectivity index (χ0) is 16.4. The fraction of sp³-hybridized carbons (Fsp3) is 0.562. The van der Waals surface area contributed by atoms with Crippen molar-refractivity contribution in [2.45, 2.75) is 31.8 Å². The number of benzene rings is 1. The van der Waals surface area contributed by atoms with E-state index in [9.17, 15) is 9.18 Å². The Hall–Kier alpha value is -1.66. The molecule has 0 bridgehead atoms. The van der Waals surface area contributed by atoms with Gasteiger partial charge in [0.1, 0.15) is 5.75 Å². The zero-order valence-corrected chi connectivity index (χ0v) is 13.2. The zero-order valence-electron chi connectivity index (χ0n) is 13.2. The molecule has 1 amide bonds. The molecule has 0 unspecified atom stereocenters. The standard InChI is InChI=1S/C16H25FN2O3/c1-12(11-21-2)19-16(20)15(18)10-13-4-6-14(7-5-13)22-9-3-8-17/h4-7,12,15H,3,8-11,18H2,1-2H3,(H,19,20)/t12-,15-/m0/s1. The van der Waals surface area contributed by atoms with Crippen molar-refractivity contribution in [3.8, 4) is 5.75 Å². The van der Waals surface area contributed by atoms with E-state index in [4.69, 9.17) is 15.2 Å². The van der Waals surface area contributed by atoms with E-state index >= 15 is 0 Å². The van der Waals surface area contributed by atoms with E-state index in [0.717, 1.165) is 5.56 Å². The van der Waals surface area contributed by atoms with E-state index in [-0.39, 0.29) is 18.6 Å². The molecule has 1 aromatic carbocycles. The van der Waals surface area contributed by atoms with Gasteiger partial charge in [-0.25, -0.2) is 0 Å². The molecule has 1 aromatic rings. The smallest absolute Gasteiger partial charge is 0.237 e. The molecular formula is C16H25FN2O3. The number of amides is 1. The Morgan fingerprint density at radius 3 is 2.64 bits per heavy atom. The van der Waals surface area contributed by atoms with E-state index in [1.54, 1.807) is 19.2 Å². The minimum absolute atomic E-state index is 0.0742. The molecule has 0 aliphatic rings. The normalized spacial score (nSPS) is 13.5. The van der Waals surface area contributed by atoms with Gasteiger partial charge in [-0.3, -0.25) is 9.18 Å². The lowest BCUT2D eigenvalue weighted by Gasteiger charge is -2.17. The van der Waals surface area contributed by atoms with Crippen LogP contribution in [0.1, 0.15) is 18.9 Å². The molecule has 0 radical (unpaired) electrons.